The maximum Gasteiger partial charge on any atom is 0.267 e. The van der Waals surface area contributed by atoms with E-state index in [0.717, 1.165) is 29.9 Å². The van der Waals surface area contributed by atoms with Crippen LogP contribution in [0.4, 0.5) is 0 Å². The fourth-order valence-corrected chi connectivity index (χ4v) is 3.92. The summed E-state index contributed by atoms with van der Waals surface area (Å²) in [6, 6.07) is 5.31. The van der Waals surface area contributed by atoms with Gasteiger partial charge in [0.25, 0.3) is 5.91 Å². The number of carbonyl (C=O) groups is 2. The number of likely N-dealkylation sites (tertiary alicyclic amines) is 1. The van der Waals surface area contributed by atoms with E-state index in [-0.39, 0.29) is 17.6 Å². The smallest absolute Gasteiger partial charge is 0.267 e. The van der Waals surface area contributed by atoms with Crippen LogP contribution in [0.5, 0.6) is 0 Å². The van der Waals surface area contributed by atoms with Crippen molar-refractivity contribution in [2.24, 2.45) is 5.92 Å². The van der Waals surface area contributed by atoms with E-state index in [1.165, 1.54) is 0 Å². The Bertz CT molecular complexity index is 790. The van der Waals surface area contributed by atoms with Crippen LogP contribution in [0.1, 0.15) is 44.1 Å². The Hall–Kier alpha value is -1.79. The van der Waals surface area contributed by atoms with Crippen LogP contribution in [-0.2, 0) is 0 Å². The van der Waals surface area contributed by atoms with Crippen LogP contribution in [0.3, 0.4) is 0 Å². The summed E-state index contributed by atoms with van der Waals surface area (Å²) in [5.74, 6) is -0.169. The number of rotatable bonds is 3. The van der Waals surface area contributed by atoms with E-state index in [9.17, 15) is 9.59 Å². The van der Waals surface area contributed by atoms with Crippen LogP contribution < -0.4 is 0 Å². The van der Waals surface area contributed by atoms with Crippen LogP contribution in [0, 0.1) is 19.8 Å². The molecular weight excluding hydrogens is 346 g/mol. The van der Waals surface area contributed by atoms with Gasteiger partial charge in [0.2, 0.25) is 0 Å². The van der Waals surface area contributed by atoms with E-state index >= 15 is 0 Å². The Morgan fingerprint density at radius 2 is 2.12 bits per heavy atom. The molecule has 1 aromatic heterocycles. The van der Waals surface area contributed by atoms with Crippen molar-refractivity contribution in [3.05, 3.63) is 44.9 Å². The number of aromatic nitrogens is 2. The number of amides is 1. The number of hydrogen-bond acceptors (Lipinski definition) is 5. The van der Waals surface area contributed by atoms with Crippen LogP contribution in [0.2, 0.25) is 5.02 Å². The molecule has 24 heavy (non-hydrogen) atoms. The van der Waals surface area contributed by atoms with E-state index in [4.69, 9.17) is 11.6 Å². The lowest BCUT2D eigenvalue weighted by Gasteiger charge is -2.32. The van der Waals surface area contributed by atoms with Gasteiger partial charge in [0.1, 0.15) is 4.88 Å². The summed E-state index contributed by atoms with van der Waals surface area (Å²) in [7, 11) is 0. The van der Waals surface area contributed by atoms with Gasteiger partial charge in [-0.1, -0.05) is 16.1 Å². The van der Waals surface area contributed by atoms with Crippen LogP contribution in [0.15, 0.2) is 18.2 Å². The molecule has 7 heteroatoms. The van der Waals surface area contributed by atoms with Crippen molar-refractivity contribution in [1.29, 1.82) is 0 Å². The Morgan fingerprint density at radius 1 is 1.33 bits per heavy atom. The monoisotopic (exact) mass is 363 g/mol. The van der Waals surface area contributed by atoms with E-state index in [0.29, 0.717) is 34.2 Å². The quantitative estimate of drug-likeness (QED) is 0.782. The molecular formula is C17H18ClN3O2S. The molecule has 0 spiro atoms. The van der Waals surface area contributed by atoms with Gasteiger partial charge in [-0.2, -0.15) is 0 Å². The molecule has 3 rings (SSSR count). The lowest BCUT2D eigenvalue weighted by atomic mass is 9.88. The minimum absolute atomic E-state index is 0.0761. The molecule has 1 aromatic carbocycles. The molecule has 1 fully saturated rings. The number of Topliss-reactive ketones (excluding diaryl/α,β-unsaturated/α-hetero) is 1. The third-order valence-corrected chi connectivity index (χ3v) is 5.43. The second-order valence-electron chi connectivity index (χ2n) is 6.10. The molecule has 1 aliphatic heterocycles. The normalized spacial score (nSPS) is 17.8. The topological polar surface area (TPSA) is 63.2 Å². The van der Waals surface area contributed by atoms with Gasteiger partial charge in [0.15, 0.2) is 5.78 Å². The van der Waals surface area contributed by atoms with Gasteiger partial charge in [0.05, 0.1) is 5.69 Å². The zero-order valence-electron chi connectivity index (χ0n) is 13.6. The van der Waals surface area contributed by atoms with E-state index < -0.39 is 0 Å². The Morgan fingerprint density at radius 3 is 2.79 bits per heavy atom. The van der Waals surface area contributed by atoms with Crippen molar-refractivity contribution in [3.8, 4) is 0 Å². The number of hydrogen-bond donors (Lipinski definition) is 0. The fourth-order valence-electron chi connectivity index (χ4n) is 3.07. The molecule has 2 heterocycles. The Balaban J connectivity index is 1.77. The third kappa shape index (κ3) is 3.35. The lowest BCUT2D eigenvalue weighted by molar-refractivity contribution is 0.0640. The zero-order chi connectivity index (χ0) is 17.3. The highest BCUT2D eigenvalue weighted by Gasteiger charge is 2.31. The van der Waals surface area contributed by atoms with Gasteiger partial charge in [-0.3, -0.25) is 9.59 Å². The first-order chi connectivity index (χ1) is 11.5. The van der Waals surface area contributed by atoms with Gasteiger partial charge in [0, 0.05) is 29.6 Å². The molecule has 1 atom stereocenters. The number of halogens is 1. The number of nitrogens with zero attached hydrogens (tertiary/aromatic N) is 3. The summed E-state index contributed by atoms with van der Waals surface area (Å²) in [5.41, 5.74) is 2.21. The number of carbonyl (C=O) groups excluding carboxylic acids is 2. The summed E-state index contributed by atoms with van der Waals surface area (Å²) < 4.78 is 3.82. The molecule has 0 radical (unpaired) electrons. The van der Waals surface area contributed by atoms with E-state index in [1.807, 2.05) is 6.92 Å². The number of piperidine rings is 1. The van der Waals surface area contributed by atoms with Crippen molar-refractivity contribution in [2.45, 2.75) is 26.7 Å². The molecule has 1 aliphatic rings. The first-order valence-corrected chi connectivity index (χ1v) is 9.01. The lowest BCUT2D eigenvalue weighted by Crippen LogP contribution is -2.42. The van der Waals surface area contributed by atoms with Gasteiger partial charge in [-0.15, -0.1) is 5.10 Å². The molecule has 0 aliphatic carbocycles. The standard InChI is InChI=1S/C17H18ClN3O2S/c1-10-8-13(18)5-6-14(10)15(22)12-4-3-7-21(9-12)17(23)16-11(2)19-20-24-16/h5-6,8,12H,3-4,7,9H2,1-2H3. The summed E-state index contributed by atoms with van der Waals surface area (Å²) >= 11 is 7.08. The van der Waals surface area contributed by atoms with Gasteiger partial charge in [-0.05, 0) is 62.0 Å². The SMILES string of the molecule is Cc1cc(Cl)ccc1C(=O)C1CCCN(C(=O)c2snnc2C)C1. The first-order valence-electron chi connectivity index (χ1n) is 7.86. The molecule has 0 bridgehead atoms. The minimum atomic E-state index is -0.177. The zero-order valence-corrected chi connectivity index (χ0v) is 15.2. The average Bonchev–Trinajstić information content (AvgIpc) is 3.00. The predicted octanol–water partition coefficient (Wildman–Crippen LogP) is 3.54. The molecule has 0 N–H and O–H groups in total. The van der Waals surface area contributed by atoms with Crippen molar-refractivity contribution < 1.29 is 9.59 Å². The highest BCUT2D eigenvalue weighted by molar-refractivity contribution is 7.07. The fraction of sp³-hybridized carbons (Fsp3) is 0.412. The first kappa shape index (κ1) is 17.0. The Kier molecular flexibility index (Phi) is 4.96. The average molecular weight is 364 g/mol. The van der Waals surface area contributed by atoms with Gasteiger partial charge in [-0.25, -0.2) is 0 Å². The summed E-state index contributed by atoms with van der Waals surface area (Å²) in [6.45, 7) is 4.77. The minimum Gasteiger partial charge on any atom is -0.337 e. The van der Waals surface area contributed by atoms with E-state index in [2.05, 4.69) is 9.59 Å². The highest BCUT2D eigenvalue weighted by atomic mass is 35.5. The molecule has 1 unspecified atom stereocenters. The number of ketones is 1. The second kappa shape index (κ2) is 6.99. The summed E-state index contributed by atoms with van der Waals surface area (Å²) in [5, 5.41) is 4.52. The highest BCUT2D eigenvalue weighted by Crippen LogP contribution is 2.26. The molecule has 5 nitrogen and oxygen atoms in total. The van der Waals surface area contributed by atoms with Crippen LogP contribution in [-0.4, -0.2) is 39.3 Å². The van der Waals surface area contributed by atoms with Crippen molar-refractivity contribution >= 4 is 34.8 Å². The maximum absolute atomic E-state index is 12.9. The summed E-state index contributed by atoms with van der Waals surface area (Å²) in [6.07, 6.45) is 1.62. The maximum atomic E-state index is 12.9. The van der Waals surface area contributed by atoms with Crippen LogP contribution >= 0.6 is 23.1 Å². The van der Waals surface area contributed by atoms with Gasteiger partial charge < -0.3 is 4.90 Å². The number of benzene rings is 1. The molecule has 0 saturated carbocycles. The largest absolute Gasteiger partial charge is 0.337 e. The third-order valence-electron chi connectivity index (χ3n) is 4.38. The molecule has 1 saturated heterocycles. The predicted molar refractivity (Wildman–Crippen MR) is 93.8 cm³/mol. The van der Waals surface area contributed by atoms with Crippen molar-refractivity contribution in [3.63, 3.8) is 0 Å². The molecule has 126 valence electrons. The Labute approximate surface area is 149 Å². The van der Waals surface area contributed by atoms with Crippen LogP contribution in [0.25, 0.3) is 0 Å². The number of aryl methyl sites for hydroxylation is 2. The second-order valence-corrected chi connectivity index (χ2v) is 7.29. The van der Waals surface area contributed by atoms with E-state index in [1.54, 1.807) is 30.0 Å². The van der Waals surface area contributed by atoms with Gasteiger partial charge >= 0.3 is 0 Å². The van der Waals surface area contributed by atoms with Crippen molar-refractivity contribution in [1.82, 2.24) is 14.5 Å². The molecule has 1 amide bonds. The van der Waals surface area contributed by atoms with Crippen molar-refractivity contribution in [2.75, 3.05) is 13.1 Å². The molecule has 2 aromatic rings. The summed E-state index contributed by atoms with van der Waals surface area (Å²) in [4.78, 5) is 27.8.